The lowest BCUT2D eigenvalue weighted by molar-refractivity contribution is 0.202. The van der Waals surface area contributed by atoms with Crippen LogP contribution in [0.2, 0.25) is 0 Å². The molecule has 0 fully saturated rings. The molecular weight excluding hydrogens is 246 g/mol. The quantitative estimate of drug-likeness (QED) is 0.812. The minimum Gasteiger partial charge on any atom is -0.395 e. The van der Waals surface area contributed by atoms with Crippen LogP contribution >= 0.6 is 0 Å². The van der Waals surface area contributed by atoms with Crippen molar-refractivity contribution in [2.24, 2.45) is 0 Å². The molecule has 0 saturated carbocycles. The Hall–Kier alpha value is -1.40. The summed E-state index contributed by atoms with van der Waals surface area (Å²) in [5, 5.41) is 9.10. The molecule has 0 bridgehead atoms. The van der Waals surface area contributed by atoms with E-state index in [-0.39, 0.29) is 17.7 Å². The van der Waals surface area contributed by atoms with E-state index in [2.05, 4.69) is 4.98 Å². The van der Waals surface area contributed by atoms with Gasteiger partial charge in [0, 0.05) is 38.1 Å². The fourth-order valence-electron chi connectivity index (χ4n) is 1.79. The number of ether oxygens (including phenoxy) is 1. The molecule has 19 heavy (non-hydrogen) atoms. The van der Waals surface area contributed by atoms with E-state index in [1.165, 1.54) is 0 Å². The van der Waals surface area contributed by atoms with Gasteiger partial charge in [0.1, 0.15) is 0 Å². The van der Waals surface area contributed by atoms with Crippen LogP contribution in [0.15, 0.2) is 17.2 Å². The van der Waals surface area contributed by atoms with Crippen LogP contribution in [0.3, 0.4) is 0 Å². The molecule has 0 saturated heterocycles. The molecule has 6 heteroatoms. The van der Waals surface area contributed by atoms with E-state index >= 15 is 0 Å². The van der Waals surface area contributed by atoms with Gasteiger partial charge in [-0.05, 0) is 20.8 Å². The fourth-order valence-corrected chi connectivity index (χ4v) is 1.79. The van der Waals surface area contributed by atoms with Gasteiger partial charge in [0.15, 0.2) is 5.82 Å². The second-order valence-electron chi connectivity index (χ2n) is 5.30. The molecule has 0 aliphatic rings. The molecule has 1 aromatic heterocycles. The molecule has 0 aliphatic heterocycles. The molecule has 108 valence electrons. The number of aliphatic hydroxyl groups excluding tert-OH is 1. The van der Waals surface area contributed by atoms with Crippen molar-refractivity contribution in [3.63, 3.8) is 0 Å². The van der Waals surface area contributed by atoms with Gasteiger partial charge in [0.05, 0.1) is 13.2 Å². The number of methoxy groups -OCH3 is 1. The molecule has 1 aromatic rings. The Bertz CT molecular complexity index is 451. The van der Waals surface area contributed by atoms with Crippen molar-refractivity contribution in [3.8, 4) is 0 Å². The minimum absolute atomic E-state index is 0.0325. The van der Waals surface area contributed by atoms with Crippen molar-refractivity contribution in [2.75, 3.05) is 38.3 Å². The van der Waals surface area contributed by atoms with Crippen molar-refractivity contribution < 1.29 is 9.84 Å². The summed E-state index contributed by atoms with van der Waals surface area (Å²) >= 11 is 0. The van der Waals surface area contributed by atoms with E-state index < -0.39 is 0 Å². The molecule has 6 nitrogen and oxygen atoms in total. The predicted octanol–water partition coefficient (Wildman–Crippen LogP) is 0.443. The Morgan fingerprint density at radius 1 is 1.42 bits per heavy atom. The topological polar surface area (TPSA) is 67.6 Å². The normalized spacial score (nSPS) is 11.6. The fraction of sp³-hybridized carbons (Fsp3) is 0.692. The lowest BCUT2D eigenvalue weighted by atomic mass is 10.1. The number of hydrogen-bond donors (Lipinski definition) is 1. The lowest BCUT2D eigenvalue weighted by Crippen LogP contribution is -2.40. The molecule has 1 rings (SSSR count). The third kappa shape index (κ3) is 4.04. The lowest BCUT2D eigenvalue weighted by Gasteiger charge is -2.26. The van der Waals surface area contributed by atoms with E-state index in [0.29, 0.717) is 25.5 Å². The van der Waals surface area contributed by atoms with Crippen LogP contribution < -0.4 is 10.5 Å². The van der Waals surface area contributed by atoms with Gasteiger partial charge < -0.3 is 19.3 Å². The summed E-state index contributed by atoms with van der Waals surface area (Å²) in [4.78, 5) is 18.3. The number of aromatic nitrogens is 2. The summed E-state index contributed by atoms with van der Waals surface area (Å²) in [6.45, 7) is 7.21. The Morgan fingerprint density at radius 3 is 2.63 bits per heavy atom. The van der Waals surface area contributed by atoms with Gasteiger partial charge in [-0.2, -0.15) is 0 Å². The molecule has 0 aliphatic carbocycles. The zero-order valence-corrected chi connectivity index (χ0v) is 12.1. The summed E-state index contributed by atoms with van der Waals surface area (Å²) < 4.78 is 6.66. The maximum absolute atomic E-state index is 12.4. The van der Waals surface area contributed by atoms with Crippen molar-refractivity contribution in [1.82, 2.24) is 9.55 Å². The highest BCUT2D eigenvalue weighted by Crippen LogP contribution is 2.12. The molecule has 0 spiro atoms. The highest BCUT2D eigenvalue weighted by atomic mass is 16.5. The average molecular weight is 269 g/mol. The molecule has 0 atom stereocenters. The molecule has 0 unspecified atom stereocenters. The third-order valence-corrected chi connectivity index (χ3v) is 2.78. The van der Waals surface area contributed by atoms with Crippen molar-refractivity contribution >= 4 is 5.82 Å². The second kappa shape index (κ2) is 6.68. The van der Waals surface area contributed by atoms with E-state index in [1.807, 2.05) is 20.8 Å². The first kappa shape index (κ1) is 15.7. The van der Waals surface area contributed by atoms with Gasteiger partial charge in [-0.1, -0.05) is 0 Å². The van der Waals surface area contributed by atoms with Gasteiger partial charge in [-0.15, -0.1) is 0 Å². The second-order valence-corrected chi connectivity index (χ2v) is 5.30. The van der Waals surface area contributed by atoms with Crippen LogP contribution in [0.5, 0.6) is 0 Å². The molecule has 0 amide bonds. The van der Waals surface area contributed by atoms with Crippen LogP contribution in [-0.4, -0.2) is 48.1 Å². The molecule has 0 radical (unpaired) electrons. The zero-order valence-electron chi connectivity index (χ0n) is 12.1. The predicted molar refractivity (Wildman–Crippen MR) is 74.7 cm³/mol. The van der Waals surface area contributed by atoms with Gasteiger partial charge in [-0.25, -0.2) is 4.98 Å². The van der Waals surface area contributed by atoms with E-state index in [1.54, 1.807) is 29.0 Å². The van der Waals surface area contributed by atoms with Gasteiger partial charge >= 0.3 is 0 Å². The molecule has 1 heterocycles. The van der Waals surface area contributed by atoms with Crippen LogP contribution in [-0.2, 0) is 10.3 Å². The number of aliphatic hydroxyl groups is 1. The summed E-state index contributed by atoms with van der Waals surface area (Å²) in [5.41, 5.74) is -0.458. The average Bonchev–Trinajstić information content (AvgIpc) is 2.33. The largest absolute Gasteiger partial charge is 0.395 e. The van der Waals surface area contributed by atoms with Crippen molar-refractivity contribution in [2.45, 2.75) is 26.3 Å². The van der Waals surface area contributed by atoms with Crippen molar-refractivity contribution in [3.05, 3.63) is 22.7 Å². The number of nitrogens with zero attached hydrogens (tertiary/aromatic N) is 3. The first-order valence-corrected chi connectivity index (χ1v) is 6.34. The summed E-state index contributed by atoms with van der Waals surface area (Å²) in [6.07, 6.45) is 3.29. The summed E-state index contributed by atoms with van der Waals surface area (Å²) in [5.74, 6) is 0.350. The van der Waals surface area contributed by atoms with E-state index in [0.717, 1.165) is 0 Å². The van der Waals surface area contributed by atoms with Crippen LogP contribution in [0.1, 0.15) is 20.8 Å². The molecule has 0 aromatic carbocycles. The summed E-state index contributed by atoms with van der Waals surface area (Å²) in [7, 11) is 1.60. The Kier molecular flexibility index (Phi) is 5.50. The molecule has 1 N–H and O–H groups in total. The highest BCUT2D eigenvalue weighted by molar-refractivity contribution is 5.35. The maximum atomic E-state index is 12.4. The molecular formula is C13H23N3O3. The smallest absolute Gasteiger partial charge is 0.293 e. The minimum atomic E-state index is -0.305. The number of hydrogen-bond acceptors (Lipinski definition) is 5. The van der Waals surface area contributed by atoms with Crippen molar-refractivity contribution in [1.29, 1.82) is 0 Å². The Labute approximate surface area is 113 Å². The zero-order chi connectivity index (χ0) is 14.5. The van der Waals surface area contributed by atoms with E-state index in [4.69, 9.17) is 9.84 Å². The summed E-state index contributed by atoms with van der Waals surface area (Å²) in [6, 6.07) is 0. The SMILES string of the molecule is COCCN(CCO)c1nccn(C(C)(C)C)c1=O. The van der Waals surface area contributed by atoms with Gasteiger partial charge in [0.25, 0.3) is 5.56 Å². The highest BCUT2D eigenvalue weighted by Gasteiger charge is 2.19. The Morgan fingerprint density at radius 2 is 2.11 bits per heavy atom. The number of rotatable bonds is 6. The number of anilines is 1. The first-order chi connectivity index (χ1) is 8.91. The third-order valence-electron chi connectivity index (χ3n) is 2.78. The van der Waals surface area contributed by atoms with E-state index in [9.17, 15) is 4.79 Å². The van der Waals surface area contributed by atoms with Gasteiger partial charge in [0.2, 0.25) is 0 Å². The van der Waals surface area contributed by atoms with Gasteiger partial charge in [-0.3, -0.25) is 4.79 Å². The van der Waals surface area contributed by atoms with Crippen LogP contribution in [0.4, 0.5) is 5.82 Å². The monoisotopic (exact) mass is 269 g/mol. The van der Waals surface area contributed by atoms with Crippen LogP contribution in [0, 0.1) is 0 Å². The first-order valence-electron chi connectivity index (χ1n) is 6.34. The maximum Gasteiger partial charge on any atom is 0.293 e. The van der Waals surface area contributed by atoms with Crippen LogP contribution in [0.25, 0.3) is 0 Å². The Balaban J connectivity index is 3.13. The standard InChI is InChI=1S/C13H23N3O3/c1-13(2,3)16-6-5-14-11(12(16)18)15(7-9-17)8-10-19-4/h5-6,17H,7-10H2,1-4H3.